The van der Waals surface area contributed by atoms with E-state index < -0.39 is 6.88 Å². The fourth-order valence-electron chi connectivity index (χ4n) is 4.21. The average Bonchev–Trinajstić information content (AvgIpc) is 3.18. The molecule has 0 radical (unpaired) electrons. The Balaban J connectivity index is 1.79. The largest absolute Gasteiger partial charge is 0.256 e. The zero-order chi connectivity index (χ0) is 23.1. The van der Waals surface area contributed by atoms with Crippen LogP contribution in [0.1, 0.15) is 27.7 Å². The van der Waals surface area contributed by atoms with Crippen LogP contribution in [0.4, 0.5) is 4.39 Å². The van der Waals surface area contributed by atoms with E-state index in [1.807, 2.05) is 30.5 Å². The molecule has 5 aromatic rings. The Bertz CT molecular complexity index is 1450. The number of thiophene rings is 1. The minimum atomic E-state index is -1.09. The molecule has 0 atom stereocenters. The SMILES string of the molecule is [2H]C([2H])c1ccc(-c2cc(CC(C)C)ccn2)c2sc3c(-c4ccc(F)cc4)cccc3c12. The van der Waals surface area contributed by atoms with Crippen LogP contribution >= 0.6 is 11.3 Å². The van der Waals surface area contributed by atoms with Crippen LogP contribution in [0.25, 0.3) is 42.6 Å². The first-order chi connectivity index (χ1) is 15.9. The number of pyridine rings is 1. The van der Waals surface area contributed by atoms with E-state index in [0.717, 1.165) is 49.0 Å². The van der Waals surface area contributed by atoms with E-state index in [9.17, 15) is 4.39 Å². The Morgan fingerprint density at radius 1 is 0.968 bits per heavy atom. The molecule has 0 aliphatic carbocycles. The Kier molecular flexibility index (Phi) is 4.49. The zero-order valence-electron chi connectivity index (χ0n) is 19.5. The zero-order valence-corrected chi connectivity index (χ0v) is 18.3. The van der Waals surface area contributed by atoms with Gasteiger partial charge in [0.15, 0.2) is 0 Å². The maximum absolute atomic E-state index is 13.5. The van der Waals surface area contributed by atoms with Gasteiger partial charge in [0.1, 0.15) is 5.82 Å². The van der Waals surface area contributed by atoms with Crippen LogP contribution in [0, 0.1) is 18.6 Å². The van der Waals surface area contributed by atoms with Crippen LogP contribution in [0.2, 0.25) is 0 Å². The van der Waals surface area contributed by atoms with Gasteiger partial charge in [-0.25, -0.2) is 4.39 Å². The second-order valence-electron chi connectivity index (χ2n) is 8.34. The fourth-order valence-corrected chi connectivity index (χ4v) is 5.60. The van der Waals surface area contributed by atoms with Crippen LogP contribution in [0.5, 0.6) is 0 Å². The molecule has 0 bridgehead atoms. The molecule has 5 rings (SSSR count). The van der Waals surface area contributed by atoms with E-state index in [-0.39, 0.29) is 5.82 Å². The number of hydrogen-bond acceptors (Lipinski definition) is 2. The molecule has 0 saturated carbocycles. The third kappa shape index (κ3) is 3.64. The summed E-state index contributed by atoms with van der Waals surface area (Å²) in [5.74, 6) is 0.295. The lowest BCUT2D eigenvalue weighted by atomic mass is 9.98. The minimum absolute atomic E-state index is 0.259. The third-order valence-corrected chi connectivity index (χ3v) is 6.85. The molecule has 0 fully saturated rings. The summed E-state index contributed by atoms with van der Waals surface area (Å²) in [6.07, 6.45) is 2.85. The first kappa shape index (κ1) is 17.6. The minimum Gasteiger partial charge on any atom is -0.256 e. The van der Waals surface area contributed by atoms with E-state index in [1.165, 1.54) is 17.7 Å². The highest BCUT2D eigenvalue weighted by atomic mass is 32.1. The van der Waals surface area contributed by atoms with Gasteiger partial charge in [0.2, 0.25) is 0 Å². The van der Waals surface area contributed by atoms with Crippen molar-refractivity contribution in [1.29, 1.82) is 0 Å². The van der Waals surface area contributed by atoms with E-state index in [2.05, 4.69) is 37.0 Å². The predicted molar refractivity (Wildman–Crippen MR) is 131 cm³/mol. The van der Waals surface area contributed by atoms with Crippen molar-refractivity contribution in [2.75, 3.05) is 0 Å². The lowest BCUT2D eigenvalue weighted by Crippen LogP contribution is -1.95. The molecular formula is C28H24FNS. The maximum atomic E-state index is 13.5. The second kappa shape index (κ2) is 7.90. The number of hydrogen-bond donors (Lipinski definition) is 0. The highest BCUT2D eigenvalue weighted by molar-refractivity contribution is 7.26. The first-order valence-electron chi connectivity index (χ1n) is 11.6. The van der Waals surface area contributed by atoms with Gasteiger partial charge in [0.25, 0.3) is 0 Å². The Morgan fingerprint density at radius 3 is 2.58 bits per heavy atom. The van der Waals surface area contributed by atoms with Gasteiger partial charge in [0.05, 0.1) is 5.69 Å². The number of fused-ring (bicyclic) bond motifs is 3. The Labute approximate surface area is 189 Å². The molecule has 31 heavy (non-hydrogen) atoms. The van der Waals surface area contributed by atoms with Crippen molar-refractivity contribution in [2.24, 2.45) is 5.92 Å². The molecule has 0 amide bonds. The van der Waals surface area contributed by atoms with Crippen molar-refractivity contribution in [2.45, 2.75) is 27.1 Å². The molecule has 1 nitrogen and oxygen atoms in total. The molecule has 3 heteroatoms. The van der Waals surface area contributed by atoms with Crippen molar-refractivity contribution < 1.29 is 7.13 Å². The smallest absolute Gasteiger partial charge is 0.123 e. The molecule has 0 aliphatic rings. The van der Waals surface area contributed by atoms with Crippen LogP contribution in [0.3, 0.4) is 0 Å². The number of rotatable bonds is 4. The molecule has 2 aromatic heterocycles. The number of aryl methyl sites for hydroxylation is 1. The van der Waals surface area contributed by atoms with Gasteiger partial charge < -0.3 is 0 Å². The predicted octanol–water partition coefficient (Wildman–Crippen LogP) is 8.43. The summed E-state index contributed by atoms with van der Waals surface area (Å²) in [6, 6.07) is 20.8. The van der Waals surface area contributed by atoms with E-state index in [4.69, 9.17) is 2.74 Å². The van der Waals surface area contributed by atoms with E-state index >= 15 is 0 Å². The van der Waals surface area contributed by atoms with Crippen molar-refractivity contribution in [1.82, 2.24) is 4.98 Å². The van der Waals surface area contributed by atoms with Gasteiger partial charge in [-0.2, -0.15) is 0 Å². The van der Waals surface area contributed by atoms with Crippen LogP contribution in [0.15, 0.2) is 72.9 Å². The molecule has 2 heterocycles. The summed E-state index contributed by atoms with van der Waals surface area (Å²) in [4.78, 5) is 4.67. The Hall–Kier alpha value is -3.04. The fraction of sp³-hybridized carbons (Fsp3) is 0.179. The molecule has 0 aliphatic heterocycles. The van der Waals surface area contributed by atoms with Crippen molar-refractivity contribution >= 4 is 31.5 Å². The van der Waals surface area contributed by atoms with Crippen molar-refractivity contribution in [3.05, 3.63) is 89.9 Å². The molecular weight excluding hydrogens is 401 g/mol. The summed E-state index contributed by atoms with van der Waals surface area (Å²) >= 11 is 1.66. The lowest BCUT2D eigenvalue weighted by molar-refractivity contribution is 0.628. The van der Waals surface area contributed by atoms with Crippen molar-refractivity contribution in [3.8, 4) is 22.4 Å². The lowest BCUT2D eigenvalue weighted by Gasteiger charge is -2.09. The maximum Gasteiger partial charge on any atom is 0.123 e. The highest BCUT2D eigenvalue weighted by Crippen LogP contribution is 2.44. The monoisotopic (exact) mass is 427 g/mol. The standard InChI is InChI=1S/C28H24FNS/c1-17(2)15-19-13-14-30-25(16-19)23-12-7-18(3)26-24-6-4-5-22(27(24)31-28(23)26)20-8-10-21(29)11-9-20/h4-14,16-17H,15H2,1-3H3/i3D2. The molecule has 3 aromatic carbocycles. The normalized spacial score (nSPS) is 12.7. The van der Waals surface area contributed by atoms with Gasteiger partial charge >= 0.3 is 0 Å². The number of nitrogens with zero attached hydrogens (tertiary/aromatic N) is 1. The van der Waals surface area contributed by atoms with Gasteiger partial charge in [-0.15, -0.1) is 11.3 Å². The van der Waals surface area contributed by atoms with Crippen LogP contribution in [-0.2, 0) is 6.42 Å². The molecule has 0 saturated heterocycles. The van der Waals surface area contributed by atoms with Gasteiger partial charge in [0, 0.05) is 34.7 Å². The number of benzene rings is 3. The van der Waals surface area contributed by atoms with Crippen LogP contribution in [-0.4, -0.2) is 4.98 Å². The summed E-state index contributed by atoms with van der Waals surface area (Å²) in [7, 11) is 0. The molecule has 0 N–H and O–H groups in total. The van der Waals surface area contributed by atoms with E-state index in [0.29, 0.717) is 11.5 Å². The van der Waals surface area contributed by atoms with E-state index in [1.54, 1.807) is 23.5 Å². The van der Waals surface area contributed by atoms with Crippen LogP contribution < -0.4 is 0 Å². The van der Waals surface area contributed by atoms with Gasteiger partial charge in [-0.05, 0) is 65.7 Å². The summed E-state index contributed by atoms with van der Waals surface area (Å²) in [5, 5.41) is 1.97. The summed E-state index contributed by atoms with van der Waals surface area (Å²) in [6.45, 7) is 3.33. The molecule has 154 valence electrons. The third-order valence-electron chi connectivity index (χ3n) is 5.58. The summed E-state index contributed by atoms with van der Waals surface area (Å²) in [5.41, 5.74) is 5.84. The van der Waals surface area contributed by atoms with Crippen molar-refractivity contribution in [3.63, 3.8) is 0 Å². The number of halogens is 1. The summed E-state index contributed by atoms with van der Waals surface area (Å²) < 4.78 is 32.0. The second-order valence-corrected chi connectivity index (χ2v) is 9.37. The molecule has 0 unspecified atom stereocenters. The van der Waals surface area contributed by atoms with Gasteiger partial charge in [-0.3, -0.25) is 4.98 Å². The first-order valence-corrected chi connectivity index (χ1v) is 11.3. The average molecular weight is 428 g/mol. The quantitative estimate of drug-likeness (QED) is 0.280. The topological polar surface area (TPSA) is 12.9 Å². The number of aromatic nitrogens is 1. The highest BCUT2D eigenvalue weighted by Gasteiger charge is 2.16. The molecule has 0 spiro atoms. The Morgan fingerprint density at radius 2 is 1.81 bits per heavy atom. The van der Waals surface area contributed by atoms with Gasteiger partial charge in [-0.1, -0.05) is 56.3 Å².